The molecule has 0 aliphatic carbocycles. The van der Waals surface area contributed by atoms with Crippen LogP contribution in [-0.2, 0) is 16.1 Å². The van der Waals surface area contributed by atoms with Crippen molar-refractivity contribution in [3.05, 3.63) is 29.3 Å². The van der Waals surface area contributed by atoms with Crippen molar-refractivity contribution in [3.63, 3.8) is 0 Å². The first-order valence-electron chi connectivity index (χ1n) is 6.79. The molecule has 0 spiro atoms. The van der Waals surface area contributed by atoms with E-state index in [2.05, 4.69) is 16.3 Å². The van der Waals surface area contributed by atoms with Crippen LogP contribution in [0.15, 0.2) is 18.2 Å². The van der Waals surface area contributed by atoms with Crippen LogP contribution in [0.4, 0.5) is 0 Å². The molecule has 3 rings (SSSR count). The number of ether oxygens (including phenoxy) is 1. The lowest BCUT2D eigenvalue weighted by molar-refractivity contribution is -0.126. The van der Waals surface area contributed by atoms with Crippen molar-refractivity contribution < 1.29 is 14.3 Å². The largest absolute Gasteiger partial charge is 0.496 e. The fourth-order valence-corrected chi connectivity index (χ4v) is 3.15. The number of carbonyl (C=O) groups is 2. The normalized spacial score (nSPS) is 25.7. The Morgan fingerprint density at radius 1 is 1.25 bits per heavy atom. The van der Waals surface area contributed by atoms with Gasteiger partial charge in [-0.2, -0.15) is 0 Å². The fourth-order valence-electron chi connectivity index (χ4n) is 3.15. The van der Waals surface area contributed by atoms with Crippen molar-refractivity contribution in [2.24, 2.45) is 11.8 Å². The average Bonchev–Trinajstić information content (AvgIpc) is 2.95. The summed E-state index contributed by atoms with van der Waals surface area (Å²) < 4.78 is 5.32. The van der Waals surface area contributed by atoms with E-state index in [4.69, 9.17) is 4.74 Å². The molecule has 2 saturated heterocycles. The number of amides is 2. The zero-order valence-electron chi connectivity index (χ0n) is 11.7. The zero-order valence-corrected chi connectivity index (χ0v) is 11.7. The van der Waals surface area contributed by atoms with Crippen molar-refractivity contribution in [1.82, 2.24) is 10.2 Å². The number of hydrogen-bond donors (Lipinski definition) is 1. The third-order valence-corrected chi connectivity index (χ3v) is 4.33. The summed E-state index contributed by atoms with van der Waals surface area (Å²) >= 11 is 0. The predicted octanol–water partition coefficient (Wildman–Crippen LogP) is 0.708. The average molecular weight is 274 g/mol. The van der Waals surface area contributed by atoms with Crippen molar-refractivity contribution in [2.45, 2.75) is 13.5 Å². The van der Waals surface area contributed by atoms with E-state index in [1.807, 2.05) is 19.1 Å². The number of imide groups is 1. The van der Waals surface area contributed by atoms with Gasteiger partial charge in [-0.15, -0.1) is 0 Å². The minimum absolute atomic E-state index is 0.120. The summed E-state index contributed by atoms with van der Waals surface area (Å²) in [6.07, 6.45) is 0. The van der Waals surface area contributed by atoms with Crippen LogP contribution in [0.1, 0.15) is 11.1 Å². The van der Waals surface area contributed by atoms with Crippen LogP contribution in [0.25, 0.3) is 0 Å². The van der Waals surface area contributed by atoms with Gasteiger partial charge in [-0.3, -0.25) is 19.8 Å². The Morgan fingerprint density at radius 3 is 2.50 bits per heavy atom. The van der Waals surface area contributed by atoms with E-state index in [9.17, 15) is 9.59 Å². The summed E-state index contributed by atoms with van der Waals surface area (Å²) in [6.45, 7) is 4.08. The van der Waals surface area contributed by atoms with Gasteiger partial charge in [0, 0.05) is 19.6 Å². The zero-order chi connectivity index (χ0) is 14.3. The minimum Gasteiger partial charge on any atom is -0.496 e. The summed E-state index contributed by atoms with van der Waals surface area (Å²) in [4.78, 5) is 25.5. The van der Waals surface area contributed by atoms with Crippen LogP contribution < -0.4 is 10.1 Å². The van der Waals surface area contributed by atoms with E-state index < -0.39 is 0 Å². The third kappa shape index (κ3) is 2.08. The van der Waals surface area contributed by atoms with Gasteiger partial charge >= 0.3 is 0 Å². The lowest BCUT2D eigenvalue weighted by Gasteiger charge is -2.19. The summed E-state index contributed by atoms with van der Waals surface area (Å²) in [5, 5.41) is 2.41. The summed E-state index contributed by atoms with van der Waals surface area (Å²) in [5.41, 5.74) is 2.29. The lowest BCUT2D eigenvalue weighted by Crippen LogP contribution is -2.31. The maximum absolute atomic E-state index is 11.7. The Kier molecular flexibility index (Phi) is 3.22. The summed E-state index contributed by atoms with van der Waals surface area (Å²) in [7, 11) is 1.66. The monoisotopic (exact) mass is 274 g/mol. The molecule has 2 fully saturated rings. The molecule has 20 heavy (non-hydrogen) atoms. The molecule has 2 heterocycles. The molecule has 0 bridgehead atoms. The van der Waals surface area contributed by atoms with E-state index in [-0.39, 0.29) is 23.7 Å². The van der Waals surface area contributed by atoms with E-state index in [1.165, 1.54) is 5.56 Å². The van der Waals surface area contributed by atoms with Crippen molar-refractivity contribution >= 4 is 11.8 Å². The van der Waals surface area contributed by atoms with Gasteiger partial charge in [0.25, 0.3) is 0 Å². The Morgan fingerprint density at radius 2 is 1.90 bits per heavy atom. The van der Waals surface area contributed by atoms with Gasteiger partial charge in [0.1, 0.15) is 5.75 Å². The van der Waals surface area contributed by atoms with Gasteiger partial charge < -0.3 is 4.74 Å². The molecular weight excluding hydrogens is 256 g/mol. The van der Waals surface area contributed by atoms with E-state index >= 15 is 0 Å². The molecule has 0 saturated carbocycles. The van der Waals surface area contributed by atoms with Crippen LogP contribution in [0, 0.1) is 18.8 Å². The van der Waals surface area contributed by atoms with Crippen LogP contribution in [-0.4, -0.2) is 36.9 Å². The number of carbonyl (C=O) groups excluding carboxylic acids is 2. The van der Waals surface area contributed by atoms with Crippen LogP contribution in [0.3, 0.4) is 0 Å². The molecule has 2 atom stereocenters. The number of hydrogen-bond acceptors (Lipinski definition) is 4. The maximum atomic E-state index is 11.7. The highest BCUT2D eigenvalue weighted by Gasteiger charge is 2.47. The molecule has 1 aromatic carbocycles. The minimum atomic E-state index is -0.173. The number of nitrogens with one attached hydrogen (secondary N) is 1. The highest BCUT2D eigenvalue weighted by atomic mass is 16.5. The second-order valence-electron chi connectivity index (χ2n) is 5.50. The number of rotatable bonds is 3. The Hall–Kier alpha value is -1.88. The maximum Gasteiger partial charge on any atom is 0.231 e. The van der Waals surface area contributed by atoms with E-state index in [0.717, 1.165) is 17.9 Å². The molecule has 106 valence electrons. The van der Waals surface area contributed by atoms with E-state index in [0.29, 0.717) is 13.1 Å². The van der Waals surface area contributed by atoms with Gasteiger partial charge in [0.15, 0.2) is 0 Å². The Balaban J connectivity index is 1.74. The lowest BCUT2D eigenvalue weighted by atomic mass is 10.00. The molecule has 2 aliphatic heterocycles. The first kappa shape index (κ1) is 13.1. The molecular formula is C15H18N2O3. The fraction of sp³-hybridized carbons (Fsp3) is 0.467. The topological polar surface area (TPSA) is 58.6 Å². The second kappa shape index (κ2) is 4.90. The van der Waals surface area contributed by atoms with Crippen molar-refractivity contribution in [1.29, 1.82) is 0 Å². The smallest absolute Gasteiger partial charge is 0.231 e. The molecule has 1 N–H and O–H groups in total. The molecule has 5 nitrogen and oxygen atoms in total. The van der Waals surface area contributed by atoms with Gasteiger partial charge in [-0.1, -0.05) is 12.1 Å². The Labute approximate surface area is 117 Å². The number of methoxy groups -OCH3 is 1. The standard InChI is InChI=1S/C15H18N2O3/c1-9-10(4-3-5-13(9)20-2)6-17-7-11-12(8-17)15(19)16-14(11)18/h3-5,11-12H,6-8H2,1-2H3,(H,16,18,19)/t11-,12+. The van der Waals surface area contributed by atoms with Gasteiger partial charge in [-0.25, -0.2) is 0 Å². The molecule has 1 aromatic rings. The molecule has 5 heteroatoms. The first-order chi connectivity index (χ1) is 9.60. The Bertz CT molecular complexity index is 548. The molecule has 2 amide bonds. The van der Waals surface area contributed by atoms with Crippen LogP contribution >= 0.6 is 0 Å². The highest BCUT2D eigenvalue weighted by molar-refractivity contribution is 6.05. The molecule has 0 radical (unpaired) electrons. The number of nitrogens with zero attached hydrogens (tertiary/aromatic N) is 1. The summed E-state index contributed by atoms with van der Waals surface area (Å²) in [6, 6.07) is 5.97. The molecule has 2 aliphatic rings. The first-order valence-corrected chi connectivity index (χ1v) is 6.79. The number of fused-ring (bicyclic) bond motifs is 1. The van der Waals surface area contributed by atoms with Crippen LogP contribution in [0.5, 0.6) is 5.75 Å². The van der Waals surface area contributed by atoms with Crippen molar-refractivity contribution in [3.8, 4) is 5.75 Å². The second-order valence-corrected chi connectivity index (χ2v) is 5.50. The van der Waals surface area contributed by atoms with E-state index in [1.54, 1.807) is 7.11 Å². The SMILES string of the molecule is COc1cccc(CN2C[C@@H]3C(=O)NC(=O)[C@@H]3C2)c1C. The highest BCUT2D eigenvalue weighted by Crippen LogP contribution is 2.30. The number of likely N-dealkylation sites (tertiary alicyclic amines) is 1. The quantitative estimate of drug-likeness (QED) is 0.825. The van der Waals surface area contributed by atoms with Gasteiger partial charge in [0.05, 0.1) is 18.9 Å². The molecule has 0 aromatic heterocycles. The summed E-state index contributed by atoms with van der Waals surface area (Å²) in [5.74, 6) is 0.285. The van der Waals surface area contributed by atoms with Gasteiger partial charge in [-0.05, 0) is 24.1 Å². The van der Waals surface area contributed by atoms with Crippen LogP contribution in [0.2, 0.25) is 0 Å². The van der Waals surface area contributed by atoms with Crippen molar-refractivity contribution in [2.75, 3.05) is 20.2 Å². The van der Waals surface area contributed by atoms with Gasteiger partial charge in [0.2, 0.25) is 11.8 Å². The predicted molar refractivity (Wildman–Crippen MR) is 73.1 cm³/mol. The molecule has 0 unspecified atom stereocenters. The number of benzene rings is 1. The third-order valence-electron chi connectivity index (χ3n) is 4.33.